The molecule has 2 nitrogen and oxygen atoms in total. The van der Waals surface area contributed by atoms with Gasteiger partial charge in [-0.3, -0.25) is 0 Å². The molecule has 0 aromatic heterocycles. The van der Waals surface area contributed by atoms with Crippen LogP contribution in [-0.4, -0.2) is 18.0 Å². The highest BCUT2D eigenvalue weighted by atomic mass is 35.5. The van der Waals surface area contributed by atoms with E-state index >= 15 is 0 Å². The predicted octanol–water partition coefficient (Wildman–Crippen LogP) is 7.87. The Morgan fingerprint density at radius 2 is 1.45 bits per heavy atom. The Balaban J connectivity index is 0.000000237. The number of nitrogens with zero attached hydrogens (tertiary/aromatic N) is 1. The molecule has 1 aromatic rings. The van der Waals surface area contributed by atoms with E-state index in [0.717, 1.165) is 21.7 Å². The van der Waals surface area contributed by atoms with Crippen LogP contribution in [-0.2, 0) is 0 Å². The van der Waals surface area contributed by atoms with Crippen LogP contribution in [0, 0.1) is 6.92 Å². The van der Waals surface area contributed by atoms with Crippen molar-refractivity contribution in [3.05, 3.63) is 65.5 Å². The molecule has 1 heterocycles. The van der Waals surface area contributed by atoms with Crippen molar-refractivity contribution in [1.29, 1.82) is 0 Å². The summed E-state index contributed by atoms with van der Waals surface area (Å²) < 4.78 is 0. The fraction of sp³-hybridized carbons (Fsp3) is 0.538. The first-order valence-corrected chi connectivity index (χ1v) is 11.6. The van der Waals surface area contributed by atoms with Crippen molar-refractivity contribution in [3.63, 3.8) is 0 Å². The highest BCUT2D eigenvalue weighted by Crippen LogP contribution is 2.22. The van der Waals surface area contributed by atoms with Crippen molar-refractivity contribution < 1.29 is 0 Å². The standard InChI is InChI=1S/C12H14ClN.C7H13N.C7H14/c1-8(6-10(3)14)12-5-4-11(13)7-9(12)2;1-2-8-6-4-3-5-7-8;1-2-4-6-7-5-3-1/h4-7H,3,14H2,1-2H3;2H,1,3-7H2;1-7H2/b8-6-;;. The van der Waals surface area contributed by atoms with Gasteiger partial charge in [-0.25, -0.2) is 0 Å². The lowest BCUT2D eigenvalue weighted by molar-refractivity contribution is 0.310. The minimum Gasteiger partial charge on any atom is -0.399 e. The molecule has 2 aliphatic rings. The number of hydrogen-bond acceptors (Lipinski definition) is 2. The van der Waals surface area contributed by atoms with Crippen LogP contribution in [0.15, 0.2) is 49.3 Å². The van der Waals surface area contributed by atoms with Gasteiger partial charge < -0.3 is 10.6 Å². The fourth-order valence-corrected chi connectivity index (χ4v) is 3.99. The van der Waals surface area contributed by atoms with Gasteiger partial charge in [-0.2, -0.15) is 0 Å². The lowest BCUT2D eigenvalue weighted by Crippen LogP contribution is -2.23. The molecule has 2 fully saturated rings. The smallest absolute Gasteiger partial charge is 0.0409 e. The monoisotopic (exact) mass is 416 g/mol. The lowest BCUT2D eigenvalue weighted by Gasteiger charge is -2.23. The Labute approximate surface area is 184 Å². The van der Waals surface area contributed by atoms with Crippen molar-refractivity contribution in [2.45, 2.75) is 78.1 Å². The maximum atomic E-state index is 5.87. The van der Waals surface area contributed by atoms with Gasteiger partial charge in [0, 0.05) is 23.8 Å². The summed E-state index contributed by atoms with van der Waals surface area (Å²) in [6, 6.07) is 5.81. The van der Waals surface area contributed by atoms with Crippen LogP contribution in [0.1, 0.15) is 82.3 Å². The van der Waals surface area contributed by atoms with Crippen molar-refractivity contribution in [2.75, 3.05) is 13.1 Å². The Kier molecular flexibility index (Phi) is 13.3. The quantitative estimate of drug-likeness (QED) is 0.401. The van der Waals surface area contributed by atoms with E-state index in [4.69, 9.17) is 17.3 Å². The average molecular weight is 417 g/mol. The largest absolute Gasteiger partial charge is 0.399 e. The van der Waals surface area contributed by atoms with Crippen LogP contribution >= 0.6 is 11.6 Å². The molecule has 2 N–H and O–H groups in total. The molecule has 1 aliphatic heterocycles. The number of hydrogen-bond donors (Lipinski definition) is 1. The van der Waals surface area contributed by atoms with E-state index in [0.29, 0.717) is 5.70 Å². The number of rotatable bonds is 3. The van der Waals surface area contributed by atoms with Crippen LogP contribution in [0.3, 0.4) is 0 Å². The molecule has 162 valence electrons. The molecule has 0 spiro atoms. The maximum absolute atomic E-state index is 5.87. The van der Waals surface area contributed by atoms with Crippen LogP contribution in [0.4, 0.5) is 0 Å². The minimum absolute atomic E-state index is 0.567. The average Bonchev–Trinajstić information content (AvgIpc) is 3.02. The van der Waals surface area contributed by atoms with Crippen LogP contribution in [0.25, 0.3) is 5.57 Å². The summed E-state index contributed by atoms with van der Waals surface area (Å²) in [6.07, 6.45) is 18.4. The third-order valence-corrected chi connectivity index (χ3v) is 5.65. The second-order valence-electron chi connectivity index (χ2n) is 8.12. The zero-order valence-corrected chi connectivity index (χ0v) is 19.4. The summed E-state index contributed by atoms with van der Waals surface area (Å²) in [5.41, 5.74) is 9.48. The van der Waals surface area contributed by atoms with Gasteiger partial charge in [-0.05, 0) is 74.2 Å². The molecule has 0 bridgehead atoms. The Hall–Kier alpha value is -1.67. The van der Waals surface area contributed by atoms with Crippen LogP contribution in [0.2, 0.25) is 5.02 Å². The van der Waals surface area contributed by atoms with E-state index in [1.807, 2.05) is 44.3 Å². The summed E-state index contributed by atoms with van der Waals surface area (Å²) in [5.74, 6) is 0. The first-order valence-electron chi connectivity index (χ1n) is 11.2. The maximum Gasteiger partial charge on any atom is 0.0409 e. The highest BCUT2D eigenvalue weighted by Gasteiger charge is 2.03. The summed E-state index contributed by atoms with van der Waals surface area (Å²) >= 11 is 5.87. The predicted molar refractivity (Wildman–Crippen MR) is 131 cm³/mol. The third kappa shape index (κ3) is 11.8. The van der Waals surface area contributed by atoms with Gasteiger partial charge >= 0.3 is 0 Å². The van der Waals surface area contributed by atoms with Crippen molar-refractivity contribution in [1.82, 2.24) is 4.90 Å². The molecule has 1 saturated carbocycles. The Morgan fingerprint density at radius 1 is 0.966 bits per heavy atom. The number of aryl methyl sites for hydroxylation is 1. The number of benzene rings is 1. The Morgan fingerprint density at radius 3 is 1.83 bits per heavy atom. The number of nitrogens with two attached hydrogens (primary N) is 1. The topological polar surface area (TPSA) is 29.3 Å². The zero-order valence-electron chi connectivity index (χ0n) is 18.7. The normalized spacial score (nSPS) is 17.1. The molecule has 1 aliphatic carbocycles. The summed E-state index contributed by atoms with van der Waals surface area (Å²) in [5, 5.41) is 0.755. The summed E-state index contributed by atoms with van der Waals surface area (Å²) in [7, 11) is 0. The first kappa shape index (κ1) is 25.4. The third-order valence-electron chi connectivity index (χ3n) is 5.41. The first-order chi connectivity index (χ1) is 13.9. The molecule has 0 atom stereocenters. The summed E-state index contributed by atoms with van der Waals surface area (Å²) in [4.78, 5) is 2.28. The molecular formula is C26H41ClN2. The molecule has 3 rings (SSSR count). The van der Waals surface area contributed by atoms with Gasteiger partial charge in [0.25, 0.3) is 0 Å². The molecule has 29 heavy (non-hydrogen) atoms. The van der Waals surface area contributed by atoms with Gasteiger partial charge in [0.2, 0.25) is 0 Å². The molecule has 0 unspecified atom stereocenters. The van der Waals surface area contributed by atoms with E-state index in [2.05, 4.69) is 18.1 Å². The van der Waals surface area contributed by atoms with E-state index < -0.39 is 0 Å². The lowest BCUT2D eigenvalue weighted by atomic mass is 10.0. The molecule has 3 heteroatoms. The van der Waals surface area contributed by atoms with Gasteiger partial charge in [-0.15, -0.1) is 0 Å². The van der Waals surface area contributed by atoms with E-state index in [9.17, 15) is 0 Å². The van der Waals surface area contributed by atoms with Gasteiger partial charge in [0.15, 0.2) is 0 Å². The molecule has 1 saturated heterocycles. The summed E-state index contributed by atoms with van der Waals surface area (Å²) in [6.45, 7) is 13.8. The minimum atomic E-state index is 0.567. The molecule has 1 aromatic carbocycles. The molecule has 0 amide bonds. The van der Waals surface area contributed by atoms with Gasteiger partial charge in [-0.1, -0.05) is 75.8 Å². The molecular weight excluding hydrogens is 376 g/mol. The van der Waals surface area contributed by atoms with Crippen molar-refractivity contribution >= 4 is 17.2 Å². The second-order valence-corrected chi connectivity index (χ2v) is 8.55. The zero-order chi connectivity index (χ0) is 21.5. The van der Waals surface area contributed by atoms with Crippen molar-refractivity contribution in [2.24, 2.45) is 5.73 Å². The number of halogens is 1. The van der Waals surface area contributed by atoms with Crippen LogP contribution in [0.5, 0.6) is 0 Å². The van der Waals surface area contributed by atoms with E-state index in [-0.39, 0.29) is 0 Å². The molecule has 0 radical (unpaired) electrons. The number of allylic oxidation sites excluding steroid dienone is 2. The number of likely N-dealkylation sites (tertiary alicyclic amines) is 1. The van der Waals surface area contributed by atoms with Gasteiger partial charge in [0.1, 0.15) is 0 Å². The van der Waals surface area contributed by atoms with Gasteiger partial charge in [0.05, 0.1) is 0 Å². The Bertz CT molecular complexity index is 622. The van der Waals surface area contributed by atoms with Crippen LogP contribution < -0.4 is 5.73 Å². The number of piperidine rings is 1. The van der Waals surface area contributed by atoms with E-state index in [1.165, 1.54) is 77.3 Å². The fourth-order valence-electron chi connectivity index (χ4n) is 3.76. The second kappa shape index (κ2) is 15.2. The van der Waals surface area contributed by atoms with Crippen molar-refractivity contribution in [3.8, 4) is 0 Å². The van der Waals surface area contributed by atoms with E-state index in [1.54, 1.807) is 0 Å². The SMILES string of the molecule is C1CCCCCC1.C=C(N)/C=C(/C)c1ccc(Cl)cc1C.C=CN1CCCCC1. The highest BCUT2D eigenvalue weighted by molar-refractivity contribution is 6.30.